The smallest absolute Gasteiger partial charge is 0.191 e. The van der Waals surface area contributed by atoms with Crippen molar-refractivity contribution in [1.29, 1.82) is 0 Å². The number of aromatic nitrogens is 2. The molecule has 1 aromatic carbocycles. The molecule has 0 saturated heterocycles. The van der Waals surface area contributed by atoms with Gasteiger partial charge in [0.1, 0.15) is 5.75 Å². The molecule has 0 spiro atoms. The Morgan fingerprint density at radius 3 is 2.62 bits per heavy atom. The molecule has 0 amide bonds. The Kier molecular flexibility index (Phi) is 8.79. The number of halogens is 1. The molecular weight excluding hydrogens is 477 g/mol. The molecule has 2 N–H and O–H groups in total. The molecular formula is C22H34IN5O. The van der Waals surface area contributed by atoms with E-state index in [1.54, 1.807) is 7.11 Å². The Bertz CT molecular complexity index is 813. The van der Waals surface area contributed by atoms with Crippen LogP contribution in [0.15, 0.2) is 35.3 Å². The van der Waals surface area contributed by atoms with E-state index in [4.69, 9.17) is 9.73 Å². The number of para-hydroxylation sites is 1. The van der Waals surface area contributed by atoms with Crippen LogP contribution in [0.4, 0.5) is 0 Å². The van der Waals surface area contributed by atoms with Gasteiger partial charge in [-0.25, -0.2) is 0 Å². The summed E-state index contributed by atoms with van der Waals surface area (Å²) in [6.07, 6.45) is 3.33. The van der Waals surface area contributed by atoms with Crippen LogP contribution >= 0.6 is 24.0 Å². The molecule has 160 valence electrons. The summed E-state index contributed by atoms with van der Waals surface area (Å²) in [4.78, 5) is 4.88. The van der Waals surface area contributed by atoms with Gasteiger partial charge >= 0.3 is 0 Å². The zero-order chi connectivity index (χ0) is 20.0. The number of guanidine groups is 1. The Hall–Kier alpha value is -1.77. The first-order valence-electron chi connectivity index (χ1n) is 10.2. The largest absolute Gasteiger partial charge is 0.496 e. The maximum Gasteiger partial charge on any atom is 0.191 e. The molecule has 29 heavy (non-hydrogen) atoms. The third-order valence-electron chi connectivity index (χ3n) is 5.36. The van der Waals surface area contributed by atoms with E-state index in [2.05, 4.69) is 52.5 Å². The second-order valence-electron chi connectivity index (χ2n) is 7.61. The first-order valence-corrected chi connectivity index (χ1v) is 10.2. The van der Waals surface area contributed by atoms with Crippen molar-refractivity contribution in [2.45, 2.75) is 52.0 Å². The monoisotopic (exact) mass is 511 g/mol. The topological polar surface area (TPSA) is 63.5 Å². The Labute approximate surface area is 191 Å². The summed E-state index contributed by atoms with van der Waals surface area (Å²) in [5.74, 6) is 1.86. The molecule has 0 bridgehead atoms. The van der Waals surface area contributed by atoms with Crippen LogP contribution in [0, 0.1) is 13.8 Å². The zero-order valence-corrected chi connectivity index (χ0v) is 20.3. The molecule has 2 aromatic rings. The van der Waals surface area contributed by atoms with E-state index in [0.29, 0.717) is 0 Å². The predicted molar refractivity (Wildman–Crippen MR) is 130 cm³/mol. The summed E-state index contributed by atoms with van der Waals surface area (Å²) < 4.78 is 7.64. The van der Waals surface area contributed by atoms with Crippen molar-refractivity contribution in [3.63, 3.8) is 0 Å². The van der Waals surface area contributed by atoms with E-state index >= 15 is 0 Å². The highest BCUT2D eigenvalue weighted by Gasteiger charge is 2.46. The van der Waals surface area contributed by atoms with Gasteiger partial charge in [0.15, 0.2) is 5.96 Å². The van der Waals surface area contributed by atoms with Crippen molar-refractivity contribution in [2.75, 3.05) is 26.7 Å². The highest BCUT2D eigenvalue weighted by molar-refractivity contribution is 14.0. The average molecular weight is 511 g/mol. The van der Waals surface area contributed by atoms with E-state index in [0.717, 1.165) is 62.8 Å². The summed E-state index contributed by atoms with van der Waals surface area (Å²) >= 11 is 0. The lowest BCUT2D eigenvalue weighted by atomic mass is 9.95. The van der Waals surface area contributed by atoms with Crippen LogP contribution in [0.25, 0.3) is 0 Å². The minimum Gasteiger partial charge on any atom is -0.496 e. The highest BCUT2D eigenvalue weighted by atomic mass is 127. The number of aryl methyl sites for hydroxylation is 3. The fourth-order valence-electron chi connectivity index (χ4n) is 3.66. The van der Waals surface area contributed by atoms with E-state index in [-0.39, 0.29) is 29.4 Å². The number of nitrogens with zero attached hydrogens (tertiary/aromatic N) is 3. The zero-order valence-electron chi connectivity index (χ0n) is 18.0. The van der Waals surface area contributed by atoms with Crippen molar-refractivity contribution in [1.82, 2.24) is 20.4 Å². The van der Waals surface area contributed by atoms with Crippen LogP contribution in [0.3, 0.4) is 0 Å². The normalized spacial score (nSPS) is 14.8. The fourth-order valence-corrected chi connectivity index (χ4v) is 3.66. The highest BCUT2D eigenvalue weighted by Crippen LogP contribution is 2.51. The third-order valence-corrected chi connectivity index (χ3v) is 5.36. The molecule has 0 aliphatic heterocycles. The van der Waals surface area contributed by atoms with E-state index in [9.17, 15) is 0 Å². The van der Waals surface area contributed by atoms with Gasteiger partial charge in [-0.05, 0) is 52.2 Å². The lowest BCUT2D eigenvalue weighted by Gasteiger charge is -2.18. The van der Waals surface area contributed by atoms with Gasteiger partial charge in [-0.1, -0.05) is 18.2 Å². The predicted octanol–water partition coefficient (Wildman–Crippen LogP) is 3.80. The van der Waals surface area contributed by atoms with Crippen molar-refractivity contribution in [2.24, 2.45) is 4.99 Å². The minimum atomic E-state index is 0. The maximum absolute atomic E-state index is 5.57. The number of rotatable bonds is 9. The Morgan fingerprint density at radius 2 is 2.00 bits per heavy atom. The summed E-state index contributed by atoms with van der Waals surface area (Å²) in [6, 6.07) is 10.4. The molecule has 0 atom stereocenters. The Balaban J connectivity index is 0.00000300. The number of nitrogens with one attached hydrogen (secondary N) is 2. The van der Waals surface area contributed by atoms with E-state index in [1.165, 1.54) is 11.3 Å². The van der Waals surface area contributed by atoms with Crippen LogP contribution < -0.4 is 15.4 Å². The molecule has 0 radical (unpaired) electrons. The number of aliphatic imine (C=N–C) groups is 1. The lowest BCUT2D eigenvalue weighted by molar-refractivity contribution is 0.404. The van der Waals surface area contributed by atoms with Crippen LogP contribution in [0.2, 0.25) is 0 Å². The molecule has 6 nitrogen and oxygen atoms in total. The van der Waals surface area contributed by atoms with Gasteiger partial charge in [0.2, 0.25) is 0 Å². The maximum atomic E-state index is 5.57. The molecule has 1 saturated carbocycles. The summed E-state index contributed by atoms with van der Waals surface area (Å²) in [6.45, 7) is 9.65. The van der Waals surface area contributed by atoms with Crippen molar-refractivity contribution in [3.8, 4) is 5.75 Å². The third kappa shape index (κ3) is 6.10. The van der Waals surface area contributed by atoms with Gasteiger partial charge in [0.25, 0.3) is 0 Å². The van der Waals surface area contributed by atoms with Gasteiger partial charge in [0, 0.05) is 36.3 Å². The van der Waals surface area contributed by atoms with Gasteiger partial charge in [-0.15, -0.1) is 24.0 Å². The minimum absolute atomic E-state index is 0. The average Bonchev–Trinajstić information content (AvgIpc) is 3.42. The van der Waals surface area contributed by atoms with Gasteiger partial charge in [0.05, 0.1) is 19.3 Å². The standard InChI is InChI=1S/C22H33N5O.HI/c1-5-23-21(24-13-8-14-27-18(3)15-17(2)26-27)25-16-22(11-12-22)19-9-6-7-10-20(19)28-4;/h6-7,9-10,15H,5,8,11-14,16H2,1-4H3,(H2,23,24,25);1H. The molecule has 1 fully saturated rings. The van der Waals surface area contributed by atoms with Gasteiger partial charge < -0.3 is 15.4 Å². The quantitative estimate of drug-likeness (QED) is 0.233. The van der Waals surface area contributed by atoms with Gasteiger partial charge in [-0.3, -0.25) is 9.67 Å². The van der Waals surface area contributed by atoms with E-state index in [1.807, 2.05) is 19.1 Å². The second kappa shape index (κ2) is 10.8. The first kappa shape index (κ1) is 23.5. The van der Waals surface area contributed by atoms with Crippen LogP contribution in [0.1, 0.15) is 43.1 Å². The van der Waals surface area contributed by atoms with Crippen LogP contribution in [-0.4, -0.2) is 42.5 Å². The summed E-state index contributed by atoms with van der Waals surface area (Å²) in [5.41, 5.74) is 3.69. The second-order valence-corrected chi connectivity index (χ2v) is 7.61. The molecule has 1 aliphatic carbocycles. The molecule has 7 heteroatoms. The lowest BCUT2D eigenvalue weighted by Crippen LogP contribution is -2.38. The van der Waals surface area contributed by atoms with Crippen molar-refractivity contribution in [3.05, 3.63) is 47.3 Å². The Morgan fingerprint density at radius 1 is 1.24 bits per heavy atom. The van der Waals surface area contributed by atoms with Crippen LogP contribution in [0.5, 0.6) is 5.75 Å². The number of hydrogen-bond donors (Lipinski definition) is 2. The van der Waals surface area contributed by atoms with E-state index < -0.39 is 0 Å². The molecule has 1 aromatic heterocycles. The van der Waals surface area contributed by atoms with Gasteiger partial charge in [-0.2, -0.15) is 5.10 Å². The molecule has 0 unspecified atom stereocenters. The fraction of sp³-hybridized carbons (Fsp3) is 0.545. The molecule has 1 heterocycles. The number of ether oxygens (including phenoxy) is 1. The number of methoxy groups -OCH3 is 1. The number of benzene rings is 1. The molecule has 3 rings (SSSR count). The molecule has 1 aliphatic rings. The first-order chi connectivity index (χ1) is 13.6. The van der Waals surface area contributed by atoms with Crippen molar-refractivity contribution < 1.29 is 4.74 Å². The summed E-state index contributed by atoms with van der Waals surface area (Å²) in [5, 5.41) is 11.3. The summed E-state index contributed by atoms with van der Waals surface area (Å²) in [7, 11) is 1.74. The van der Waals surface area contributed by atoms with Crippen molar-refractivity contribution >= 4 is 29.9 Å². The number of hydrogen-bond acceptors (Lipinski definition) is 3. The van der Waals surface area contributed by atoms with Crippen LogP contribution in [-0.2, 0) is 12.0 Å². The SMILES string of the molecule is CCNC(=NCC1(c2ccccc2OC)CC1)NCCCn1nc(C)cc1C.I.